The first-order chi connectivity index (χ1) is 13.2. The molecule has 4 aromatic carbocycles. The Hall–Kier alpha value is -2.13. The minimum Gasteiger partial charge on any atom is -0.0837 e. The molecule has 0 bridgehead atoms. The summed E-state index contributed by atoms with van der Waals surface area (Å²) in [5.41, 5.74) is 2.16. The highest BCUT2D eigenvalue weighted by atomic mass is 79.9. The quantitative estimate of drug-likeness (QED) is 0.294. The van der Waals surface area contributed by atoms with Crippen LogP contribution in [0.4, 0.5) is 0 Å². The molecule has 0 aliphatic rings. The van der Waals surface area contributed by atoms with Gasteiger partial charge in [0.05, 0.1) is 0 Å². The molecule has 0 spiro atoms. The van der Waals surface area contributed by atoms with Crippen molar-refractivity contribution < 1.29 is 0 Å². The zero-order chi connectivity index (χ0) is 18.6. The van der Waals surface area contributed by atoms with E-state index in [0.29, 0.717) is 0 Å². The standard InChI is InChI=1S/C24H17BrClSi/c25-23-14-8-7-13-21(23)22-16-15-20(17-24(22)26)27(18-9-3-1-4-10-18)19-11-5-2-6-12-19/h1-17H. The number of hydrogen-bond donors (Lipinski definition) is 0. The normalized spacial score (nSPS) is 10.9. The molecule has 0 amide bonds. The van der Waals surface area contributed by atoms with Crippen molar-refractivity contribution >= 4 is 51.9 Å². The van der Waals surface area contributed by atoms with E-state index in [2.05, 4.69) is 101 Å². The Morgan fingerprint density at radius 2 is 1.11 bits per heavy atom. The molecule has 131 valence electrons. The zero-order valence-electron chi connectivity index (χ0n) is 14.6. The molecule has 1 radical (unpaired) electrons. The van der Waals surface area contributed by atoms with Gasteiger partial charge in [-0.3, -0.25) is 0 Å². The number of benzene rings is 4. The van der Waals surface area contributed by atoms with E-state index in [1.54, 1.807) is 0 Å². The van der Waals surface area contributed by atoms with E-state index in [1.165, 1.54) is 15.6 Å². The fraction of sp³-hybridized carbons (Fsp3) is 0. The fourth-order valence-electron chi connectivity index (χ4n) is 3.28. The molecule has 4 rings (SSSR count). The van der Waals surface area contributed by atoms with Crippen molar-refractivity contribution in [1.29, 1.82) is 0 Å². The summed E-state index contributed by atoms with van der Waals surface area (Å²) in [5.74, 6) is 0. The summed E-state index contributed by atoms with van der Waals surface area (Å²) in [5, 5.41) is 4.80. The van der Waals surface area contributed by atoms with Gasteiger partial charge in [0.1, 0.15) is 0 Å². The topological polar surface area (TPSA) is 0 Å². The second-order valence-corrected chi connectivity index (χ2v) is 10.0. The van der Waals surface area contributed by atoms with Crippen LogP contribution in [-0.2, 0) is 0 Å². The largest absolute Gasteiger partial charge is 0.154 e. The molecule has 4 aromatic rings. The lowest BCUT2D eigenvalue weighted by Gasteiger charge is -2.18. The maximum atomic E-state index is 6.75. The summed E-state index contributed by atoms with van der Waals surface area (Å²) in [6.07, 6.45) is 0. The Morgan fingerprint density at radius 3 is 1.67 bits per heavy atom. The molecule has 3 heteroatoms. The third-order valence-corrected chi connectivity index (χ3v) is 8.26. The Kier molecular flexibility index (Phi) is 5.58. The monoisotopic (exact) mass is 447 g/mol. The van der Waals surface area contributed by atoms with Gasteiger partial charge < -0.3 is 0 Å². The Balaban J connectivity index is 1.82. The first kappa shape index (κ1) is 18.2. The molecule has 0 atom stereocenters. The van der Waals surface area contributed by atoms with Crippen LogP contribution in [0.2, 0.25) is 5.02 Å². The predicted octanol–water partition coefficient (Wildman–Crippen LogP) is 5.29. The summed E-state index contributed by atoms with van der Waals surface area (Å²) < 4.78 is 1.05. The van der Waals surface area contributed by atoms with E-state index in [0.717, 1.165) is 20.6 Å². The van der Waals surface area contributed by atoms with Crippen molar-refractivity contribution in [2.45, 2.75) is 0 Å². The first-order valence-electron chi connectivity index (χ1n) is 8.76. The van der Waals surface area contributed by atoms with Crippen LogP contribution in [0.3, 0.4) is 0 Å². The molecule has 0 fully saturated rings. The van der Waals surface area contributed by atoms with Crippen molar-refractivity contribution in [3.05, 3.63) is 113 Å². The van der Waals surface area contributed by atoms with Gasteiger partial charge in [0.15, 0.2) is 8.80 Å². The zero-order valence-corrected chi connectivity index (χ0v) is 17.9. The summed E-state index contributed by atoms with van der Waals surface area (Å²) in [6.45, 7) is 0. The van der Waals surface area contributed by atoms with Gasteiger partial charge in [-0.1, -0.05) is 129 Å². The van der Waals surface area contributed by atoms with Crippen LogP contribution < -0.4 is 15.6 Å². The highest BCUT2D eigenvalue weighted by molar-refractivity contribution is 9.10. The van der Waals surface area contributed by atoms with Crippen molar-refractivity contribution in [2.24, 2.45) is 0 Å². The summed E-state index contributed by atoms with van der Waals surface area (Å²) in [6, 6.07) is 36.2. The lowest BCUT2D eigenvalue weighted by Crippen LogP contribution is -2.51. The molecule has 0 aliphatic carbocycles. The SMILES string of the molecule is Clc1cc([Si](c2ccccc2)c2ccccc2)ccc1-c1ccccc1Br. The molecule has 0 N–H and O–H groups in total. The van der Waals surface area contributed by atoms with Crippen LogP contribution in [0.5, 0.6) is 0 Å². The van der Waals surface area contributed by atoms with Gasteiger partial charge in [0, 0.05) is 15.1 Å². The van der Waals surface area contributed by atoms with Gasteiger partial charge in [-0.2, -0.15) is 0 Å². The van der Waals surface area contributed by atoms with Crippen molar-refractivity contribution in [2.75, 3.05) is 0 Å². The first-order valence-corrected chi connectivity index (χ1v) is 11.4. The summed E-state index contributed by atoms with van der Waals surface area (Å²) in [4.78, 5) is 0. The third-order valence-electron chi connectivity index (χ3n) is 4.55. The van der Waals surface area contributed by atoms with Crippen LogP contribution >= 0.6 is 27.5 Å². The second kappa shape index (κ2) is 8.26. The van der Waals surface area contributed by atoms with Crippen LogP contribution in [0.15, 0.2) is 108 Å². The van der Waals surface area contributed by atoms with Crippen molar-refractivity contribution in [1.82, 2.24) is 0 Å². The van der Waals surface area contributed by atoms with E-state index < -0.39 is 8.80 Å². The lowest BCUT2D eigenvalue weighted by molar-refractivity contribution is 1.59. The maximum Gasteiger partial charge on any atom is 0.154 e. The van der Waals surface area contributed by atoms with Crippen molar-refractivity contribution in [3.8, 4) is 11.1 Å². The maximum absolute atomic E-state index is 6.75. The van der Waals surface area contributed by atoms with Crippen molar-refractivity contribution in [3.63, 3.8) is 0 Å². The van der Waals surface area contributed by atoms with E-state index in [-0.39, 0.29) is 0 Å². The van der Waals surface area contributed by atoms with Gasteiger partial charge in [0.2, 0.25) is 0 Å². The van der Waals surface area contributed by atoms with Gasteiger partial charge in [-0.05, 0) is 22.9 Å². The predicted molar refractivity (Wildman–Crippen MR) is 122 cm³/mol. The smallest absolute Gasteiger partial charge is 0.0837 e. The number of halogens is 2. The molecule has 0 unspecified atom stereocenters. The van der Waals surface area contributed by atoms with E-state index in [1.807, 2.05) is 18.2 Å². The molecule has 0 heterocycles. The minimum absolute atomic E-state index is 0.786. The molecule has 0 nitrogen and oxygen atoms in total. The van der Waals surface area contributed by atoms with E-state index in [9.17, 15) is 0 Å². The molecule has 0 aromatic heterocycles. The summed E-state index contributed by atoms with van der Waals surface area (Å²) >= 11 is 10.4. The number of hydrogen-bond acceptors (Lipinski definition) is 0. The van der Waals surface area contributed by atoms with E-state index >= 15 is 0 Å². The fourth-order valence-corrected chi connectivity index (χ4v) is 6.74. The lowest BCUT2D eigenvalue weighted by atomic mass is 10.1. The summed E-state index contributed by atoms with van der Waals surface area (Å²) in [7, 11) is -1.10. The average molecular weight is 449 g/mol. The highest BCUT2D eigenvalue weighted by Crippen LogP contribution is 2.32. The van der Waals surface area contributed by atoms with Crippen LogP contribution in [-0.4, -0.2) is 8.80 Å². The molecule has 0 saturated heterocycles. The Labute approximate surface area is 175 Å². The van der Waals surface area contributed by atoms with Gasteiger partial charge in [0.25, 0.3) is 0 Å². The molecule has 0 saturated carbocycles. The Morgan fingerprint density at radius 1 is 0.556 bits per heavy atom. The average Bonchev–Trinajstić information content (AvgIpc) is 2.71. The minimum atomic E-state index is -1.10. The van der Waals surface area contributed by atoms with Crippen LogP contribution in [0.25, 0.3) is 11.1 Å². The molecular weight excluding hydrogens is 432 g/mol. The Bertz CT molecular complexity index is 1010. The van der Waals surface area contributed by atoms with E-state index in [4.69, 9.17) is 11.6 Å². The number of rotatable bonds is 4. The third kappa shape index (κ3) is 3.93. The molecular formula is C24H17BrClSi. The van der Waals surface area contributed by atoms with Gasteiger partial charge in [-0.25, -0.2) is 0 Å². The second-order valence-electron chi connectivity index (χ2n) is 6.28. The van der Waals surface area contributed by atoms with Gasteiger partial charge >= 0.3 is 0 Å². The molecule has 0 aliphatic heterocycles. The highest BCUT2D eigenvalue weighted by Gasteiger charge is 2.20. The van der Waals surface area contributed by atoms with Crippen LogP contribution in [0, 0.1) is 0 Å². The van der Waals surface area contributed by atoms with Gasteiger partial charge in [-0.15, -0.1) is 0 Å². The van der Waals surface area contributed by atoms with Crippen LogP contribution in [0.1, 0.15) is 0 Å². The molecule has 27 heavy (non-hydrogen) atoms.